The Morgan fingerprint density at radius 3 is 2.59 bits per heavy atom. The summed E-state index contributed by atoms with van der Waals surface area (Å²) < 4.78 is 6.11. The Hall–Kier alpha value is -2.33. The summed E-state index contributed by atoms with van der Waals surface area (Å²) in [4.78, 5) is 16.2. The molecule has 1 fully saturated rings. The highest BCUT2D eigenvalue weighted by molar-refractivity contribution is 5.96. The minimum atomic E-state index is 0.185. The van der Waals surface area contributed by atoms with Crippen LogP contribution in [0, 0.1) is 5.92 Å². The zero-order chi connectivity index (χ0) is 20.1. The van der Waals surface area contributed by atoms with Crippen LogP contribution >= 0.6 is 0 Å². The summed E-state index contributed by atoms with van der Waals surface area (Å²) in [6.45, 7) is 4.24. The summed E-state index contributed by atoms with van der Waals surface area (Å²) in [5, 5.41) is 0. The molecule has 154 valence electrons. The Labute approximate surface area is 174 Å². The van der Waals surface area contributed by atoms with Crippen LogP contribution in [-0.2, 0) is 17.6 Å². The molecule has 1 saturated heterocycles. The first-order chi connectivity index (χ1) is 14.2. The molecule has 0 bridgehead atoms. The standard InChI is InChI=1S/C25H32N2O2/c1-26-23-9-5-10-24(22(23)11-12-25(26)28)29-18-6-15-27-16-13-21(14-17-27)19-20-7-3-2-4-8-20/h2-5,7-10,21H,6,11-19H2,1H3. The molecule has 0 saturated carbocycles. The maximum absolute atomic E-state index is 11.9. The smallest absolute Gasteiger partial charge is 0.227 e. The van der Waals surface area contributed by atoms with Gasteiger partial charge in [0.2, 0.25) is 5.91 Å². The Morgan fingerprint density at radius 1 is 1.00 bits per heavy atom. The molecular weight excluding hydrogens is 360 g/mol. The second-order valence-electron chi connectivity index (χ2n) is 8.38. The Kier molecular flexibility index (Phi) is 6.50. The molecule has 0 aromatic heterocycles. The van der Waals surface area contributed by atoms with Gasteiger partial charge in [-0.2, -0.15) is 0 Å². The van der Waals surface area contributed by atoms with E-state index in [0.717, 1.165) is 43.3 Å². The molecule has 2 aliphatic heterocycles. The van der Waals surface area contributed by atoms with E-state index in [9.17, 15) is 4.79 Å². The van der Waals surface area contributed by atoms with Crippen molar-refractivity contribution < 1.29 is 9.53 Å². The molecule has 4 nitrogen and oxygen atoms in total. The van der Waals surface area contributed by atoms with Crippen molar-refractivity contribution in [1.82, 2.24) is 4.90 Å². The van der Waals surface area contributed by atoms with E-state index in [4.69, 9.17) is 4.74 Å². The number of hydrogen-bond donors (Lipinski definition) is 0. The number of rotatable bonds is 7. The summed E-state index contributed by atoms with van der Waals surface area (Å²) in [5.41, 5.74) is 3.65. The van der Waals surface area contributed by atoms with Crippen LogP contribution in [0.4, 0.5) is 5.69 Å². The fourth-order valence-corrected chi connectivity index (χ4v) is 4.62. The molecule has 2 heterocycles. The second-order valence-corrected chi connectivity index (χ2v) is 8.38. The molecule has 4 heteroatoms. The van der Waals surface area contributed by atoms with Crippen molar-refractivity contribution in [3.8, 4) is 5.75 Å². The largest absolute Gasteiger partial charge is 0.493 e. The van der Waals surface area contributed by atoms with Gasteiger partial charge in [-0.05, 0) is 68.8 Å². The minimum Gasteiger partial charge on any atom is -0.493 e. The Morgan fingerprint density at radius 2 is 1.79 bits per heavy atom. The van der Waals surface area contributed by atoms with E-state index in [1.165, 1.54) is 43.5 Å². The molecule has 0 unspecified atom stereocenters. The van der Waals surface area contributed by atoms with Crippen LogP contribution in [0.25, 0.3) is 0 Å². The summed E-state index contributed by atoms with van der Waals surface area (Å²) in [6.07, 6.45) is 6.20. The fourth-order valence-electron chi connectivity index (χ4n) is 4.62. The summed E-state index contributed by atoms with van der Waals surface area (Å²) in [7, 11) is 1.85. The maximum Gasteiger partial charge on any atom is 0.227 e. The monoisotopic (exact) mass is 392 g/mol. The van der Waals surface area contributed by atoms with Gasteiger partial charge in [-0.1, -0.05) is 36.4 Å². The lowest BCUT2D eigenvalue weighted by atomic mass is 9.90. The van der Waals surface area contributed by atoms with Gasteiger partial charge in [-0.15, -0.1) is 0 Å². The van der Waals surface area contributed by atoms with Gasteiger partial charge in [-0.3, -0.25) is 4.79 Å². The third-order valence-corrected chi connectivity index (χ3v) is 6.38. The quantitative estimate of drug-likeness (QED) is 0.658. The van der Waals surface area contributed by atoms with E-state index in [1.807, 2.05) is 25.2 Å². The van der Waals surface area contributed by atoms with Gasteiger partial charge in [0.15, 0.2) is 0 Å². The average molecular weight is 393 g/mol. The van der Waals surface area contributed by atoms with Crippen molar-refractivity contribution in [3.63, 3.8) is 0 Å². The number of amides is 1. The van der Waals surface area contributed by atoms with Crippen LogP contribution in [0.1, 0.15) is 36.8 Å². The van der Waals surface area contributed by atoms with Crippen molar-refractivity contribution in [2.24, 2.45) is 5.92 Å². The van der Waals surface area contributed by atoms with E-state index in [2.05, 4.69) is 35.2 Å². The van der Waals surface area contributed by atoms with E-state index < -0.39 is 0 Å². The van der Waals surface area contributed by atoms with Gasteiger partial charge in [0.1, 0.15) is 5.75 Å². The lowest BCUT2D eigenvalue weighted by Crippen LogP contribution is -2.35. The first-order valence-corrected chi connectivity index (χ1v) is 11.0. The number of carbonyl (C=O) groups is 1. The molecule has 0 spiro atoms. The first-order valence-electron chi connectivity index (χ1n) is 11.0. The molecule has 4 rings (SSSR count). The number of nitrogens with zero attached hydrogens (tertiary/aromatic N) is 2. The van der Waals surface area contributed by atoms with Gasteiger partial charge in [-0.25, -0.2) is 0 Å². The van der Waals surface area contributed by atoms with E-state index in [1.54, 1.807) is 4.90 Å². The molecule has 0 radical (unpaired) electrons. The van der Waals surface area contributed by atoms with Crippen LogP contribution in [0.5, 0.6) is 5.75 Å². The molecule has 2 aromatic carbocycles. The van der Waals surface area contributed by atoms with Crippen molar-refractivity contribution in [2.75, 3.05) is 38.2 Å². The molecule has 0 aliphatic carbocycles. The summed E-state index contributed by atoms with van der Waals surface area (Å²) in [6, 6.07) is 16.9. The zero-order valence-corrected chi connectivity index (χ0v) is 17.5. The van der Waals surface area contributed by atoms with Crippen LogP contribution < -0.4 is 9.64 Å². The highest BCUT2D eigenvalue weighted by Crippen LogP contribution is 2.34. The number of ether oxygens (including phenoxy) is 1. The van der Waals surface area contributed by atoms with Crippen molar-refractivity contribution in [3.05, 3.63) is 59.7 Å². The number of piperidine rings is 1. The number of carbonyl (C=O) groups excluding carboxylic acids is 1. The lowest BCUT2D eigenvalue weighted by molar-refractivity contribution is -0.118. The molecule has 0 atom stereocenters. The van der Waals surface area contributed by atoms with E-state index in [-0.39, 0.29) is 5.91 Å². The number of benzene rings is 2. The highest BCUT2D eigenvalue weighted by atomic mass is 16.5. The van der Waals surface area contributed by atoms with Crippen LogP contribution in [0.3, 0.4) is 0 Å². The van der Waals surface area contributed by atoms with Crippen LogP contribution in [0.15, 0.2) is 48.5 Å². The van der Waals surface area contributed by atoms with Crippen LogP contribution in [0.2, 0.25) is 0 Å². The number of likely N-dealkylation sites (tertiary alicyclic amines) is 1. The van der Waals surface area contributed by atoms with Gasteiger partial charge in [0.25, 0.3) is 0 Å². The van der Waals surface area contributed by atoms with Gasteiger partial charge >= 0.3 is 0 Å². The molecule has 2 aliphatic rings. The number of anilines is 1. The molecule has 29 heavy (non-hydrogen) atoms. The first kappa shape index (κ1) is 20.0. The molecule has 0 N–H and O–H groups in total. The predicted molar refractivity (Wildman–Crippen MR) is 118 cm³/mol. The minimum absolute atomic E-state index is 0.185. The Bertz CT molecular complexity index is 813. The number of hydrogen-bond acceptors (Lipinski definition) is 3. The second kappa shape index (κ2) is 9.45. The SMILES string of the molecule is CN1C(=O)CCc2c(OCCCN3CCC(Cc4ccccc4)CC3)cccc21. The zero-order valence-electron chi connectivity index (χ0n) is 17.5. The lowest BCUT2D eigenvalue weighted by Gasteiger charge is -2.32. The Balaban J connectivity index is 1.19. The third kappa shape index (κ3) is 4.99. The highest BCUT2D eigenvalue weighted by Gasteiger charge is 2.23. The van der Waals surface area contributed by atoms with Crippen LogP contribution in [-0.4, -0.2) is 44.1 Å². The van der Waals surface area contributed by atoms with Gasteiger partial charge in [0.05, 0.1) is 12.3 Å². The summed E-state index contributed by atoms with van der Waals surface area (Å²) >= 11 is 0. The van der Waals surface area contributed by atoms with Gasteiger partial charge in [0, 0.05) is 25.6 Å². The number of fused-ring (bicyclic) bond motifs is 1. The fraction of sp³-hybridized carbons (Fsp3) is 0.480. The summed E-state index contributed by atoms with van der Waals surface area (Å²) in [5.74, 6) is 1.95. The molecule has 2 aromatic rings. The van der Waals surface area contributed by atoms with Crippen molar-refractivity contribution in [1.29, 1.82) is 0 Å². The third-order valence-electron chi connectivity index (χ3n) is 6.38. The van der Waals surface area contributed by atoms with Crippen molar-refractivity contribution in [2.45, 2.75) is 38.5 Å². The molecular formula is C25H32N2O2. The van der Waals surface area contributed by atoms with Crippen molar-refractivity contribution >= 4 is 11.6 Å². The average Bonchev–Trinajstić information content (AvgIpc) is 2.76. The van der Waals surface area contributed by atoms with E-state index in [0.29, 0.717) is 6.42 Å². The van der Waals surface area contributed by atoms with E-state index >= 15 is 0 Å². The molecule has 1 amide bonds. The topological polar surface area (TPSA) is 32.8 Å². The predicted octanol–water partition coefficient (Wildman–Crippen LogP) is 4.32. The maximum atomic E-state index is 11.9. The normalized spacial score (nSPS) is 18.0. The van der Waals surface area contributed by atoms with Gasteiger partial charge < -0.3 is 14.5 Å².